The van der Waals surface area contributed by atoms with Crippen molar-refractivity contribution in [3.8, 4) is 5.75 Å². The lowest BCUT2D eigenvalue weighted by Crippen LogP contribution is -2.43. The van der Waals surface area contributed by atoms with Gasteiger partial charge in [0.05, 0.1) is 36.4 Å². The predicted octanol–water partition coefficient (Wildman–Crippen LogP) is 4.59. The molecule has 2 heterocycles. The average Bonchev–Trinajstić information content (AvgIpc) is 3.39. The molecule has 12 nitrogen and oxygen atoms in total. The zero-order chi connectivity index (χ0) is 32.9. The van der Waals surface area contributed by atoms with Crippen molar-refractivity contribution in [2.75, 3.05) is 68.9 Å². The highest BCUT2D eigenvalue weighted by molar-refractivity contribution is 6.02. The zero-order valence-electron chi connectivity index (χ0n) is 27.1. The van der Waals surface area contributed by atoms with Crippen LogP contribution < -0.4 is 25.6 Å². The van der Waals surface area contributed by atoms with Gasteiger partial charge in [-0.3, -0.25) is 9.69 Å². The first kappa shape index (κ1) is 33.6. The van der Waals surface area contributed by atoms with Gasteiger partial charge in [-0.2, -0.15) is 4.98 Å². The number of hydrogen-bond acceptors (Lipinski definition) is 11. The molecule has 0 saturated carbocycles. The normalized spacial score (nSPS) is 15.2. The summed E-state index contributed by atoms with van der Waals surface area (Å²) in [6.07, 6.45) is 4.83. The van der Waals surface area contributed by atoms with E-state index in [1.165, 1.54) is 18.5 Å². The second-order valence-corrected chi connectivity index (χ2v) is 12.1. The maximum atomic E-state index is 14.3. The Balaban J connectivity index is 1.63. The molecule has 0 spiro atoms. The largest absolute Gasteiger partial charge is 0.494 e. The minimum atomic E-state index is -1.32. The average molecular weight is 622 g/mol. The van der Waals surface area contributed by atoms with Crippen molar-refractivity contribution in [1.82, 2.24) is 24.8 Å². The Bertz CT molecular complexity index is 1530. The number of aryl methyl sites for hydroxylation is 1. The van der Waals surface area contributed by atoms with Crippen molar-refractivity contribution in [2.24, 2.45) is 0 Å². The Morgan fingerprint density at radius 2 is 1.84 bits per heavy atom. The van der Waals surface area contributed by atoms with Crippen LogP contribution in [0, 0.1) is 12.7 Å². The number of aromatic nitrogens is 3. The number of benzene rings is 2. The van der Waals surface area contributed by atoms with Crippen molar-refractivity contribution in [1.29, 1.82) is 0 Å². The molecule has 0 unspecified atom stereocenters. The quantitative estimate of drug-likeness (QED) is 0.200. The third-order valence-electron chi connectivity index (χ3n) is 7.66. The van der Waals surface area contributed by atoms with Crippen LogP contribution >= 0.6 is 0 Å². The Hall–Kier alpha value is -4.33. The van der Waals surface area contributed by atoms with Crippen LogP contribution in [0.1, 0.15) is 37.8 Å². The summed E-state index contributed by atoms with van der Waals surface area (Å²) in [7, 11) is 7.72. The van der Waals surface area contributed by atoms with Crippen molar-refractivity contribution in [2.45, 2.75) is 45.3 Å². The van der Waals surface area contributed by atoms with Gasteiger partial charge in [-0.1, -0.05) is 6.58 Å². The summed E-state index contributed by atoms with van der Waals surface area (Å²) in [5.74, 6) is 0.104. The molecule has 4 N–H and O–H groups in total. The molecule has 0 bridgehead atoms. The summed E-state index contributed by atoms with van der Waals surface area (Å²) < 4.78 is 20.1. The van der Waals surface area contributed by atoms with Gasteiger partial charge in [0.25, 0.3) is 0 Å². The number of likely N-dealkylation sites (tertiary alicyclic amines) is 1. The van der Waals surface area contributed by atoms with E-state index in [2.05, 4.69) is 66.3 Å². The number of methoxy groups -OCH3 is 1. The van der Waals surface area contributed by atoms with Crippen LogP contribution in [0.15, 0.2) is 43.2 Å². The Kier molecular flexibility index (Phi) is 10.6. The number of nitrogens with zero attached hydrogens (tertiary/aromatic N) is 6. The smallest absolute Gasteiger partial charge is 0.247 e. The molecule has 13 heteroatoms. The molecule has 1 aliphatic heterocycles. The first-order chi connectivity index (χ1) is 21.3. The molecule has 0 aliphatic carbocycles. The maximum Gasteiger partial charge on any atom is 0.247 e. The van der Waals surface area contributed by atoms with E-state index < -0.39 is 11.4 Å². The fraction of sp³-hybridized carbons (Fsp3) is 0.438. The van der Waals surface area contributed by atoms with E-state index in [1.54, 1.807) is 40.0 Å². The van der Waals surface area contributed by atoms with Crippen LogP contribution in [0.2, 0.25) is 0 Å². The highest BCUT2D eigenvalue weighted by Crippen LogP contribution is 2.38. The summed E-state index contributed by atoms with van der Waals surface area (Å²) in [4.78, 5) is 32.2. The number of aliphatic hydroxyl groups is 1. The van der Waals surface area contributed by atoms with E-state index in [0.29, 0.717) is 46.6 Å². The van der Waals surface area contributed by atoms with Gasteiger partial charge in [-0.25, -0.2) is 14.4 Å². The molecular formula is C32H44FN9O3. The number of nitrogens with one attached hydrogen (secondary N) is 3. The summed E-state index contributed by atoms with van der Waals surface area (Å²) in [6, 6.07) is 6.96. The summed E-state index contributed by atoms with van der Waals surface area (Å²) >= 11 is 0. The van der Waals surface area contributed by atoms with Gasteiger partial charge in [0.2, 0.25) is 17.8 Å². The molecule has 1 saturated heterocycles. The molecule has 45 heavy (non-hydrogen) atoms. The Morgan fingerprint density at radius 1 is 1.16 bits per heavy atom. The minimum absolute atomic E-state index is 0.178. The van der Waals surface area contributed by atoms with Crippen molar-refractivity contribution < 1.29 is 19.0 Å². The van der Waals surface area contributed by atoms with Gasteiger partial charge in [-0.05, 0) is 77.5 Å². The van der Waals surface area contributed by atoms with Crippen LogP contribution in [0.25, 0.3) is 0 Å². The van der Waals surface area contributed by atoms with Gasteiger partial charge < -0.3 is 35.6 Å². The van der Waals surface area contributed by atoms with Crippen molar-refractivity contribution in [3.05, 3.63) is 60.2 Å². The number of ether oxygens (including phenoxy) is 1. The number of amides is 1. The minimum Gasteiger partial charge on any atom is -0.494 e. The molecule has 1 amide bonds. The molecule has 2 aromatic carbocycles. The first-order valence-electron chi connectivity index (χ1n) is 14.8. The molecule has 242 valence electrons. The third kappa shape index (κ3) is 8.44. The highest BCUT2D eigenvalue weighted by Gasteiger charge is 2.27. The summed E-state index contributed by atoms with van der Waals surface area (Å²) in [5, 5.41) is 19.8. The summed E-state index contributed by atoms with van der Waals surface area (Å²) in [5.41, 5.74) is 1.73. The van der Waals surface area contributed by atoms with Crippen LogP contribution in [0.5, 0.6) is 5.75 Å². The zero-order valence-corrected chi connectivity index (χ0v) is 27.1. The lowest BCUT2D eigenvalue weighted by Gasteiger charge is -2.33. The predicted molar refractivity (Wildman–Crippen MR) is 176 cm³/mol. The standard InChI is InChI=1S/C32H44FN9O3/c1-9-29(43)36-25-15-26(28(45-8)16-27(25)41(7)19-42-12-10-11-21(42)17-40(5)6)38-31-35-18-34-30(39-31)37-24-13-20(2)23(33)14-22(24)32(3,4)44/h9,13-16,18,21,44H,1,10-12,17,19H2,2-8H3,(H,36,43)(H2,34,35,37,38,39)/t21-/m1/s1. The van der Waals surface area contributed by atoms with Crippen LogP contribution in [-0.2, 0) is 10.4 Å². The van der Waals surface area contributed by atoms with Gasteiger partial charge in [-0.15, -0.1) is 0 Å². The number of rotatable bonds is 13. The molecule has 1 aliphatic rings. The number of likely N-dealkylation sites (N-methyl/N-ethyl adjacent to an activating group) is 1. The maximum absolute atomic E-state index is 14.3. The number of halogens is 1. The molecule has 1 atom stereocenters. The van der Waals surface area contributed by atoms with Crippen molar-refractivity contribution >= 4 is 40.6 Å². The molecule has 3 aromatic rings. The van der Waals surface area contributed by atoms with E-state index in [1.807, 2.05) is 13.1 Å². The number of hydrogen-bond donors (Lipinski definition) is 4. The van der Waals surface area contributed by atoms with Gasteiger partial charge in [0.1, 0.15) is 17.9 Å². The van der Waals surface area contributed by atoms with Gasteiger partial charge in [0, 0.05) is 43.5 Å². The van der Waals surface area contributed by atoms with Gasteiger partial charge >= 0.3 is 0 Å². The highest BCUT2D eigenvalue weighted by atomic mass is 19.1. The Labute approximate surface area is 264 Å². The molecule has 0 radical (unpaired) electrons. The van der Waals surface area contributed by atoms with Crippen LogP contribution in [-0.4, -0.2) is 89.8 Å². The molecular weight excluding hydrogens is 577 g/mol. The van der Waals surface area contributed by atoms with E-state index >= 15 is 0 Å². The first-order valence-corrected chi connectivity index (χ1v) is 14.8. The van der Waals surface area contributed by atoms with E-state index in [0.717, 1.165) is 31.6 Å². The lowest BCUT2D eigenvalue weighted by molar-refractivity contribution is -0.111. The van der Waals surface area contributed by atoms with E-state index in [9.17, 15) is 14.3 Å². The van der Waals surface area contributed by atoms with Crippen molar-refractivity contribution in [3.63, 3.8) is 0 Å². The van der Waals surface area contributed by atoms with E-state index in [-0.39, 0.29) is 17.8 Å². The molecule has 4 rings (SSSR count). The molecule has 1 fully saturated rings. The van der Waals surface area contributed by atoms with Crippen LogP contribution in [0.4, 0.5) is 39.0 Å². The van der Waals surface area contributed by atoms with E-state index in [4.69, 9.17) is 4.74 Å². The fourth-order valence-corrected chi connectivity index (χ4v) is 5.44. The topological polar surface area (TPSA) is 131 Å². The van der Waals surface area contributed by atoms with Gasteiger partial charge in [0.15, 0.2) is 0 Å². The Morgan fingerprint density at radius 3 is 2.47 bits per heavy atom. The number of anilines is 6. The summed E-state index contributed by atoms with van der Waals surface area (Å²) in [6.45, 7) is 11.0. The second-order valence-electron chi connectivity index (χ2n) is 12.1. The third-order valence-corrected chi connectivity index (χ3v) is 7.66. The fourth-order valence-electron chi connectivity index (χ4n) is 5.44. The van der Waals surface area contributed by atoms with Crippen LogP contribution in [0.3, 0.4) is 0 Å². The number of carbonyl (C=O) groups excluding carboxylic acids is 1. The lowest BCUT2D eigenvalue weighted by atomic mass is 9.95. The second kappa shape index (κ2) is 14.2. The number of carbonyl (C=O) groups is 1. The SMILES string of the molecule is C=CC(=O)Nc1cc(Nc2ncnc(Nc3cc(C)c(F)cc3C(C)(C)O)n2)c(OC)cc1N(C)CN1CCC[C@@H]1CN(C)C. The molecule has 1 aromatic heterocycles. The monoisotopic (exact) mass is 621 g/mol.